The molecular weight excluding hydrogens is 152 g/mol. The zero-order valence-corrected chi connectivity index (χ0v) is 7.70. The van der Waals surface area contributed by atoms with Crippen LogP contribution in [-0.4, -0.2) is 42.8 Å². The molecule has 2 aliphatic heterocycles. The average molecular weight is 170 g/mol. The normalized spacial score (nSPS) is 38.5. The summed E-state index contributed by atoms with van der Waals surface area (Å²) in [7, 11) is 0. The molecule has 0 aliphatic carbocycles. The van der Waals surface area contributed by atoms with Gasteiger partial charge in [0, 0.05) is 25.7 Å². The van der Waals surface area contributed by atoms with Gasteiger partial charge in [-0.1, -0.05) is 0 Å². The van der Waals surface area contributed by atoms with Gasteiger partial charge in [0.05, 0.1) is 12.2 Å². The van der Waals surface area contributed by atoms with Gasteiger partial charge in [-0.15, -0.1) is 0 Å². The van der Waals surface area contributed by atoms with E-state index in [0.29, 0.717) is 18.2 Å². The van der Waals surface area contributed by atoms with Gasteiger partial charge in [-0.2, -0.15) is 0 Å². The van der Waals surface area contributed by atoms with Gasteiger partial charge in [0.2, 0.25) is 0 Å². The van der Waals surface area contributed by atoms with E-state index >= 15 is 0 Å². The second-order valence-corrected chi connectivity index (χ2v) is 4.00. The van der Waals surface area contributed by atoms with E-state index < -0.39 is 0 Å². The lowest BCUT2D eigenvalue weighted by atomic mass is 10.2. The standard InChI is InChI=1S/C9H18N2O/c1-7(4-10)11-5-8-2-3-9(6-11)12-8/h7-9H,2-6,10H2,1H3. The monoisotopic (exact) mass is 170 g/mol. The molecule has 3 atom stereocenters. The summed E-state index contributed by atoms with van der Waals surface area (Å²) in [5.41, 5.74) is 5.63. The maximum absolute atomic E-state index is 5.74. The van der Waals surface area contributed by atoms with Crippen LogP contribution in [0.4, 0.5) is 0 Å². The number of likely N-dealkylation sites (tertiary alicyclic amines) is 1. The summed E-state index contributed by atoms with van der Waals surface area (Å²) in [5, 5.41) is 0. The Morgan fingerprint density at radius 2 is 2.00 bits per heavy atom. The van der Waals surface area contributed by atoms with Crippen molar-refractivity contribution in [1.29, 1.82) is 0 Å². The van der Waals surface area contributed by atoms with Crippen molar-refractivity contribution in [2.45, 2.75) is 38.0 Å². The van der Waals surface area contributed by atoms with Gasteiger partial charge in [0.15, 0.2) is 0 Å². The Labute approximate surface area is 73.9 Å². The van der Waals surface area contributed by atoms with Gasteiger partial charge in [0.1, 0.15) is 0 Å². The SMILES string of the molecule is CC(CN)N1CC2CCC(C1)O2. The van der Waals surface area contributed by atoms with Crippen LogP contribution in [-0.2, 0) is 4.74 Å². The Hall–Kier alpha value is -0.120. The summed E-state index contributed by atoms with van der Waals surface area (Å²) in [4.78, 5) is 2.46. The minimum atomic E-state index is 0.498. The van der Waals surface area contributed by atoms with Crippen molar-refractivity contribution < 1.29 is 4.74 Å². The number of nitrogens with zero attached hydrogens (tertiary/aromatic N) is 1. The minimum Gasteiger partial charge on any atom is -0.372 e. The summed E-state index contributed by atoms with van der Waals surface area (Å²) >= 11 is 0. The van der Waals surface area contributed by atoms with Gasteiger partial charge in [0.25, 0.3) is 0 Å². The average Bonchev–Trinajstić information content (AvgIpc) is 2.44. The summed E-state index contributed by atoms with van der Waals surface area (Å²) < 4.78 is 5.74. The van der Waals surface area contributed by atoms with Gasteiger partial charge in [-0.25, -0.2) is 0 Å². The van der Waals surface area contributed by atoms with Crippen molar-refractivity contribution in [1.82, 2.24) is 4.90 Å². The maximum Gasteiger partial charge on any atom is 0.0707 e. The molecule has 2 saturated heterocycles. The van der Waals surface area contributed by atoms with Gasteiger partial charge in [-0.3, -0.25) is 4.90 Å². The van der Waals surface area contributed by atoms with Gasteiger partial charge < -0.3 is 10.5 Å². The van der Waals surface area contributed by atoms with Crippen LogP contribution in [0.25, 0.3) is 0 Å². The fourth-order valence-electron chi connectivity index (χ4n) is 2.16. The van der Waals surface area contributed by atoms with E-state index in [1.54, 1.807) is 0 Å². The lowest BCUT2D eigenvalue weighted by molar-refractivity contribution is -0.0491. The molecule has 0 saturated carbocycles. The Balaban J connectivity index is 1.93. The molecule has 0 aromatic rings. The fourth-order valence-corrected chi connectivity index (χ4v) is 2.16. The molecule has 2 aliphatic rings. The van der Waals surface area contributed by atoms with Crippen molar-refractivity contribution in [2.75, 3.05) is 19.6 Å². The molecule has 3 heteroatoms. The molecule has 0 aromatic heterocycles. The van der Waals surface area contributed by atoms with Crippen LogP contribution in [0, 0.1) is 0 Å². The van der Waals surface area contributed by atoms with Crippen molar-refractivity contribution in [3.8, 4) is 0 Å². The molecule has 2 fully saturated rings. The third kappa shape index (κ3) is 1.49. The third-order valence-corrected chi connectivity index (χ3v) is 3.04. The van der Waals surface area contributed by atoms with Crippen molar-refractivity contribution in [2.24, 2.45) is 5.73 Å². The topological polar surface area (TPSA) is 38.5 Å². The van der Waals surface area contributed by atoms with E-state index in [1.165, 1.54) is 12.8 Å². The first-order chi connectivity index (χ1) is 5.79. The molecule has 3 nitrogen and oxygen atoms in total. The first-order valence-electron chi connectivity index (χ1n) is 4.89. The van der Waals surface area contributed by atoms with Crippen molar-refractivity contribution in [3.63, 3.8) is 0 Å². The van der Waals surface area contributed by atoms with Crippen LogP contribution in [0.3, 0.4) is 0 Å². The highest BCUT2D eigenvalue weighted by Gasteiger charge is 2.34. The van der Waals surface area contributed by atoms with Crippen LogP contribution in [0.2, 0.25) is 0 Å². The number of hydrogen-bond acceptors (Lipinski definition) is 3. The molecule has 0 radical (unpaired) electrons. The zero-order valence-electron chi connectivity index (χ0n) is 7.70. The molecule has 0 spiro atoms. The molecule has 2 bridgehead atoms. The minimum absolute atomic E-state index is 0.498. The van der Waals surface area contributed by atoms with E-state index in [2.05, 4.69) is 11.8 Å². The van der Waals surface area contributed by atoms with E-state index in [-0.39, 0.29) is 0 Å². The van der Waals surface area contributed by atoms with E-state index in [9.17, 15) is 0 Å². The van der Waals surface area contributed by atoms with E-state index in [4.69, 9.17) is 10.5 Å². The van der Waals surface area contributed by atoms with E-state index in [0.717, 1.165) is 19.6 Å². The number of morpholine rings is 1. The summed E-state index contributed by atoms with van der Waals surface area (Å²) in [6, 6.07) is 0.525. The molecule has 3 unspecified atom stereocenters. The first kappa shape index (κ1) is 8.48. The fraction of sp³-hybridized carbons (Fsp3) is 1.00. The van der Waals surface area contributed by atoms with Crippen LogP contribution in [0.5, 0.6) is 0 Å². The quantitative estimate of drug-likeness (QED) is 0.643. The Bertz CT molecular complexity index is 151. The molecule has 0 aromatic carbocycles. The number of nitrogens with two attached hydrogens (primary N) is 1. The lowest BCUT2D eigenvalue weighted by Crippen LogP contribution is -2.49. The largest absolute Gasteiger partial charge is 0.372 e. The molecular formula is C9H18N2O. The number of hydrogen-bond donors (Lipinski definition) is 1. The number of fused-ring (bicyclic) bond motifs is 2. The molecule has 2 rings (SSSR count). The second kappa shape index (κ2) is 3.32. The summed E-state index contributed by atoms with van der Waals surface area (Å²) in [6.45, 7) is 5.15. The Morgan fingerprint density at radius 1 is 1.42 bits per heavy atom. The highest BCUT2D eigenvalue weighted by atomic mass is 16.5. The highest BCUT2D eigenvalue weighted by molar-refractivity contribution is 4.87. The van der Waals surface area contributed by atoms with Crippen LogP contribution in [0.1, 0.15) is 19.8 Å². The Morgan fingerprint density at radius 3 is 2.50 bits per heavy atom. The first-order valence-corrected chi connectivity index (χ1v) is 4.89. The molecule has 0 amide bonds. The number of rotatable bonds is 2. The molecule has 12 heavy (non-hydrogen) atoms. The summed E-state index contributed by atoms with van der Waals surface area (Å²) in [5.74, 6) is 0. The van der Waals surface area contributed by atoms with Crippen molar-refractivity contribution in [3.05, 3.63) is 0 Å². The maximum atomic E-state index is 5.74. The van der Waals surface area contributed by atoms with Gasteiger partial charge in [-0.05, 0) is 19.8 Å². The number of ether oxygens (including phenoxy) is 1. The van der Waals surface area contributed by atoms with Crippen molar-refractivity contribution >= 4 is 0 Å². The lowest BCUT2D eigenvalue weighted by Gasteiger charge is -2.35. The van der Waals surface area contributed by atoms with E-state index in [1.807, 2.05) is 0 Å². The molecule has 2 N–H and O–H groups in total. The third-order valence-electron chi connectivity index (χ3n) is 3.04. The second-order valence-electron chi connectivity index (χ2n) is 4.00. The van der Waals surface area contributed by atoms with Gasteiger partial charge >= 0.3 is 0 Å². The predicted molar refractivity (Wildman–Crippen MR) is 48.0 cm³/mol. The van der Waals surface area contributed by atoms with Crippen LogP contribution < -0.4 is 5.73 Å². The predicted octanol–water partition coefficient (Wildman–Crippen LogP) is 0.197. The van der Waals surface area contributed by atoms with Crippen LogP contribution in [0.15, 0.2) is 0 Å². The molecule has 2 heterocycles. The van der Waals surface area contributed by atoms with Crippen LogP contribution >= 0.6 is 0 Å². The Kier molecular flexibility index (Phi) is 2.35. The highest BCUT2D eigenvalue weighted by Crippen LogP contribution is 2.26. The molecule has 70 valence electrons. The zero-order chi connectivity index (χ0) is 8.55. The smallest absolute Gasteiger partial charge is 0.0707 e. The summed E-state index contributed by atoms with van der Waals surface area (Å²) in [6.07, 6.45) is 3.49.